The molecule has 0 aliphatic rings. The van der Waals surface area contributed by atoms with E-state index < -0.39 is 12.6 Å². The first-order valence-corrected chi connectivity index (χ1v) is 7.62. The zero-order valence-electron chi connectivity index (χ0n) is 13.9. The lowest BCUT2D eigenvalue weighted by Gasteiger charge is -2.07. The van der Waals surface area contributed by atoms with Crippen LogP contribution in [0.15, 0.2) is 30.3 Å². The highest BCUT2D eigenvalue weighted by atomic mass is 16.5. The molecule has 0 aliphatic carbocycles. The number of ether oxygens (including phenoxy) is 1. The number of amides is 1. The van der Waals surface area contributed by atoms with Crippen molar-refractivity contribution in [2.75, 3.05) is 6.61 Å². The summed E-state index contributed by atoms with van der Waals surface area (Å²) in [6, 6.07) is 8.72. The molecule has 0 saturated heterocycles. The summed E-state index contributed by atoms with van der Waals surface area (Å²) in [6.07, 6.45) is 0. The van der Waals surface area contributed by atoms with Crippen LogP contribution < -0.4 is 10.1 Å². The number of nitrogens with one attached hydrogen (secondary N) is 1. The molecule has 0 unspecified atom stereocenters. The first kappa shape index (κ1) is 17.5. The average molecular weight is 331 g/mol. The van der Waals surface area contributed by atoms with Gasteiger partial charge in [-0.05, 0) is 29.7 Å². The van der Waals surface area contributed by atoms with E-state index in [-0.39, 0.29) is 11.8 Å². The number of benzene rings is 1. The SMILES string of the molecule is CC(C)c1cc(C(=O)NCc2cccc(OCC(=O)O)c2)nn1C. The van der Waals surface area contributed by atoms with Crippen LogP contribution in [0.2, 0.25) is 0 Å². The Morgan fingerprint density at radius 1 is 1.33 bits per heavy atom. The molecule has 2 aromatic rings. The number of carbonyl (C=O) groups is 2. The molecule has 2 rings (SSSR count). The van der Waals surface area contributed by atoms with Crippen molar-refractivity contribution in [3.05, 3.63) is 47.3 Å². The summed E-state index contributed by atoms with van der Waals surface area (Å²) < 4.78 is 6.83. The third kappa shape index (κ3) is 4.58. The molecule has 1 heterocycles. The van der Waals surface area contributed by atoms with Crippen LogP contribution in [-0.4, -0.2) is 33.4 Å². The summed E-state index contributed by atoms with van der Waals surface area (Å²) in [4.78, 5) is 22.7. The van der Waals surface area contributed by atoms with Gasteiger partial charge in [0.2, 0.25) is 0 Å². The van der Waals surface area contributed by atoms with Gasteiger partial charge in [0.1, 0.15) is 11.4 Å². The standard InChI is InChI=1S/C17H21N3O4/c1-11(2)15-8-14(19-20(15)3)17(23)18-9-12-5-4-6-13(7-12)24-10-16(21)22/h4-8,11H,9-10H2,1-3H3,(H,18,23)(H,21,22). The molecule has 0 aliphatic heterocycles. The zero-order chi connectivity index (χ0) is 17.7. The van der Waals surface area contributed by atoms with Gasteiger partial charge in [0.05, 0.1) is 0 Å². The fraction of sp³-hybridized carbons (Fsp3) is 0.353. The topological polar surface area (TPSA) is 93.4 Å². The minimum absolute atomic E-state index is 0.255. The monoisotopic (exact) mass is 331 g/mol. The summed E-state index contributed by atoms with van der Waals surface area (Å²) in [7, 11) is 1.81. The summed E-state index contributed by atoms with van der Waals surface area (Å²) in [6.45, 7) is 3.99. The Morgan fingerprint density at radius 3 is 2.71 bits per heavy atom. The van der Waals surface area contributed by atoms with Crippen LogP contribution in [0, 0.1) is 0 Å². The number of carboxylic acids is 1. The van der Waals surface area contributed by atoms with Gasteiger partial charge >= 0.3 is 5.97 Å². The van der Waals surface area contributed by atoms with Gasteiger partial charge < -0.3 is 15.2 Å². The van der Waals surface area contributed by atoms with Crippen molar-refractivity contribution in [1.82, 2.24) is 15.1 Å². The lowest BCUT2D eigenvalue weighted by atomic mass is 10.1. The fourth-order valence-electron chi connectivity index (χ4n) is 2.30. The Balaban J connectivity index is 1.97. The van der Waals surface area contributed by atoms with E-state index in [1.165, 1.54) is 0 Å². The molecule has 7 heteroatoms. The molecule has 2 N–H and O–H groups in total. The van der Waals surface area contributed by atoms with Gasteiger partial charge in [0, 0.05) is 19.3 Å². The lowest BCUT2D eigenvalue weighted by molar-refractivity contribution is -0.139. The second-order valence-corrected chi connectivity index (χ2v) is 5.75. The van der Waals surface area contributed by atoms with E-state index in [1.54, 1.807) is 28.9 Å². The minimum atomic E-state index is -1.04. The predicted octanol–water partition coefficient (Wildman–Crippen LogP) is 1.94. The summed E-state index contributed by atoms with van der Waals surface area (Å²) >= 11 is 0. The minimum Gasteiger partial charge on any atom is -0.482 e. The first-order valence-electron chi connectivity index (χ1n) is 7.62. The maximum atomic E-state index is 12.2. The number of carbonyl (C=O) groups excluding carboxylic acids is 1. The highest BCUT2D eigenvalue weighted by Gasteiger charge is 2.14. The maximum Gasteiger partial charge on any atom is 0.341 e. The second-order valence-electron chi connectivity index (χ2n) is 5.75. The number of carboxylic acid groups (broad SMARTS) is 1. The Bertz CT molecular complexity index is 737. The van der Waals surface area contributed by atoms with Crippen molar-refractivity contribution in [2.24, 2.45) is 7.05 Å². The number of hydrogen-bond donors (Lipinski definition) is 2. The van der Waals surface area contributed by atoms with E-state index in [1.807, 2.05) is 27.0 Å². The number of hydrogen-bond acceptors (Lipinski definition) is 4. The van der Waals surface area contributed by atoms with E-state index >= 15 is 0 Å². The smallest absolute Gasteiger partial charge is 0.341 e. The highest BCUT2D eigenvalue weighted by Crippen LogP contribution is 2.15. The molecule has 0 fully saturated rings. The van der Waals surface area contributed by atoms with Crippen LogP contribution in [0.3, 0.4) is 0 Å². The van der Waals surface area contributed by atoms with E-state index in [0.29, 0.717) is 18.0 Å². The molecule has 24 heavy (non-hydrogen) atoms. The van der Waals surface area contributed by atoms with E-state index in [2.05, 4.69) is 10.4 Å². The fourth-order valence-corrected chi connectivity index (χ4v) is 2.30. The maximum absolute atomic E-state index is 12.2. The highest BCUT2D eigenvalue weighted by molar-refractivity contribution is 5.92. The normalized spacial score (nSPS) is 10.7. The van der Waals surface area contributed by atoms with Crippen molar-refractivity contribution in [2.45, 2.75) is 26.3 Å². The Labute approximate surface area is 140 Å². The molecule has 7 nitrogen and oxygen atoms in total. The Hall–Kier alpha value is -2.83. The summed E-state index contributed by atoms with van der Waals surface area (Å²) in [5, 5.41) is 15.6. The van der Waals surface area contributed by atoms with Crippen molar-refractivity contribution < 1.29 is 19.4 Å². The molecular formula is C17H21N3O4. The van der Waals surface area contributed by atoms with Gasteiger partial charge in [0.25, 0.3) is 5.91 Å². The van der Waals surface area contributed by atoms with Crippen LogP contribution in [0.25, 0.3) is 0 Å². The number of rotatable bonds is 7. The number of aryl methyl sites for hydroxylation is 1. The molecule has 0 saturated carbocycles. The molecule has 1 aromatic heterocycles. The largest absolute Gasteiger partial charge is 0.482 e. The van der Waals surface area contributed by atoms with E-state index in [0.717, 1.165) is 11.3 Å². The average Bonchev–Trinajstić information content (AvgIpc) is 2.93. The molecule has 1 aromatic carbocycles. The lowest BCUT2D eigenvalue weighted by Crippen LogP contribution is -2.23. The van der Waals surface area contributed by atoms with E-state index in [9.17, 15) is 9.59 Å². The van der Waals surface area contributed by atoms with Crippen LogP contribution in [0.5, 0.6) is 5.75 Å². The van der Waals surface area contributed by atoms with Crippen LogP contribution in [-0.2, 0) is 18.4 Å². The number of nitrogens with zero attached hydrogens (tertiary/aromatic N) is 2. The predicted molar refractivity (Wildman–Crippen MR) is 88.0 cm³/mol. The van der Waals surface area contributed by atoms with E-state index in [4.69, 9.17) is 9.84 Å². The van der Waals surface area contributed by atoms with Crippen LogP contribution in [0.1, 0.15) is 41.5 Å². The van der Waals surface area contributed by atoms with Gasteiger partial charge in [-0.25, -0.2) is 4.79 Å². The van der Waals surface area contributed by atoms with Gasteiger partial charge in [-0.1, -0.05) is 26.0 Å². The first-order chi connectivity index (χ1) is 11.4. The number of aliphatic carboxylic acids is 1. The quantitative estimate of drug-likeness (QED) is 0.809. The zero-order valence-corrected chi connectivity index (χ0v) is 13.9. The van der Waals surface area contributed by atoms with Crippen LogP contribution >= 0.6 is 0 Å². The number of aromatic nitrogens is 2. The van der Waals surface area contributed by atoms with Crippen molar-refractivity contribution in [1.29, 1.82) is 0 Å². The molecule has 0 atom stereocenters. The molecule has 0 spiro atoms. The van der Waals surface area contributed by atoms with Gasteiger partial charge in [-0.2, -0.15) is 5.10 Å². The van der Waals surface area contributed by atoms with Gasteiger partial charge in [-0.15, -0.1) is 0 Å². The summed E-state index contributed by atoms with van der Waals surface area (Å²) in [5.74, 6) is -0.560. The molecule has 1 amide bonds. The molecular weight excluding hydrogens is 310 g/mol. The third-order valence-electron chi connectivity index (χ3n) is 3.45. The molecule has 128 valence electrons. The van der Waals surface area contributed by atoms with Crippen molar-refractivity contribution in [3.8, 4) is 5.75 Å². The third-order valence-corrected chi connectivity index (χ3v) is 3.45. The van der Waals surface area contributed by atoms with Crippen molar-refractivity contribution in [3.63, 3.8) is 0 Å². The van der Waals surface area contributed by atoms with Gasteiger partial charge in [-0.3, -0.25) is 9.48 Å². The van der Waals surface area contributed by atoms with Crippen molar-refractivity contribution >= 4 is 11.9 Å². The summed E-state index contributed by atoms with van der Waals surface area (Å²) in [5.41, 5.74) is 2.18. The Kier molecular flexibility index (Phi) is 5.57. The molecule has 0 bridgehead atoms. The Morgan fingerprint density at radius 2 is 2.08 bits per heavy atom. The van der Waals surface area contributed by atoms with Crippen LogP contribution in [0.4, 0.5) is 0 Å². The van der Waals surface area contributed by atoms with Gasteiger partial charge in [0.15, 0.2) is 6.61 Å². The second kappa shape index (κ2) is 7.63. The molecule has 0 radical (unpaired) electrons.